The molecule has 31 heavy (non-hydrogen) atoms. The SMILES string of the molecule is COc1ccc([C@H]2C3=C(C[C@@H](c4ccco4)CC3=O)Nc3nc4ccccc4n32)cc1. The number of nitrogens with one attached hydrogen (secondary N) is 1. The highest BCUT2D eigenvalue weighted by Gasteiger charge is 2.40. The molecule has 3 heterocycles. The van der Waals surface area contributed by atoms with Crippen molar-refractivity contribution in [1.29, 1.82) is 0 Å². The normalized spacial score (nSPS) is 20.4. The Hall–Kier alpha value is -3.80. The molecule has 1 aliphatic carbocycles. The number of fused-ring (bicyclic) bond motifs is 3. The average molecular weight is 411 g/mol. The van der Waals surface area contributed by atoms with Gasteiger partial charge in [-0.25, -0.2) is 4.98 Å². The van der Waals surface area contributed by atoms with E-state index in [0.717, 1.165) is 45.3 Å². The van der Waals surface area contributed by atoms with Gasteiger partial charge in [0.05, 0.1) is 30.4 Å². The summed E-state index contributed by atoms with van der Waals surface area (Å²) in [5, 5.41) is 3.48. The third-order valence-electron chi connectivity index (χ3n) is 6.28. The molecule has 0 fully saturated rings. The van der Waals surface area contributed by atoms with Gasteiger partial charge in [0.15, 0.2) is 5.78 Å². The number of allylic oxidation sites excluding steroid dienone is 2. The second-order valence-electron chi connectivity index (χ2n) is 8.03. The second kappa shape index (κ2) is 6.87. The Labute approximate surface area is 179 Å². The van der Waals surface area contributed by atoms with E-state index >= 15 is 0 Å². The molecule has 0 saturated heterocycles. The standard InChI is InChI=1S/C25H21N3O3/c1-30-17-10-8-15(9-11-17)24-23-19(13-16(14-21(23)29)22-7-4-12-31-22)27-25-26-18-5-2-3-6-20(18)28(24)25/h2-12,16,24H,13-14H2,1H3,(H,26,27)/t16-,24+/m1/s1. The quantitative estimate of drug-likeness (QED) is 0.511. The van der Waals surface area contributed by atoms with E-state index in [0.29, 0.717) is 12.8 Å². The fraction of sp³-hybridized carbons (Fsp3) is 0.200. The first-order valence-corrected chi connectivity index (χ1v) is 10.4. The first-order chi connectivity index (χ1) is 15.2. The zero-order valence-electron chi connectivity index (χ0n) is 17.0. The zero-order chi connectivity index (χ0) is 20.9. The smallest absolute Gasteiger partial charge is 0.209 e. The van der Waals surface area contributed by atoms with Gasteiger partial charge in [-0.3, -0.25) is 9.36 Å². The van der Waals surface area contributed by atoms with Crippen molar-refractivity contribution in [3.63, 3.8) is 0 Å². The lowest BCUT2D eigenvalue weighted by molar-refractivity contribution is -0.116. The number of Topliss-reactive ketones (excluding diaryl/α,β-unsaturated/α-hetero) is 1. The molecule has 0 unspecified atom stereocenters. The minimum Gasteiger partial charge on any atom is -0.497 e. The summed E-state index contributed by atoms with van der Waals surface area (Å²) >= 11 is 0. The van der Waals surface area contributed by atoms with Gasteiger partial charge in [-0.05, 0) is 48.4 Å². The lowest BCUT2D eigenvalue weighted by Crippen LogP contribution is -2.33. The Balaban J connectivity index is 1.54. The number of aromatic nitrogens is 2. The maximum atomic E-state index is 13.5. The lowest BCUT2D eigenvalue weighted by atomic mass is 9.79. The molecule has 2 atom stereocenters. The molecule has 4 aromatic rings. The summed E-state index contributed by atoms with van der Waals surface area (Å²) in [7, 11) is 1.65. The minimum atomic E-state index is -0.241. The van der Waals surface area contributed by atoms with Gasteiger partial charge in [-0.15, -0.1) is 0 Å². The average Bonchev–Trinajstić information content (AvgIpc) is 3.46. The number of imidazole rings is 1. The molecule has 1 aliphatic heterocycles. The Morgan fingerprint density at radius 1 is 1.06 bits per heavy atom. The van der Waals surface area contributed by atoms with Crippen molar-refractivity contribution in [1.82, 2.24) is 9.55 Å². The van der Waals surface area contributed by atoms with Crippen LogP contribution in [-0.2, 0) is 4.79 Å². The minimum absolute atomic E-state index is 0.0289. The number of furan rings is 1. The number of hydrogen-bond acceptors (Lipinski definition) is 5. The molecular weight excluding hydrogens is 390 g/mol. The summed E-state index contributed by atoms with van der Waals surface area (Å²) < 4.78 is 13.1. The van der Waals surface area contributed by atoms with E-state index in [4.69, 9.17) is 14.1 Å². The van der Waals surface area contributed by atoms with Crippen molar-refractivity contribution in [2.75, 3.05) is 12.4 Å². The third-order valence-corrected chi connectivity index (χ3v) is 6.28. The molecule has 6 heteroatoms. The highest BCUT2D eigenvalue weighted by molar-refractivity contribution is 6.01. The summed E-state index contributed by atoms with van der Waals surface area (Å²) in [6, 6.07) is 19.6. The van der Waals surface area contributed by atoms with E-state index in [9.17, 15) is 4.79 Å². The number of rotatable bonds is 3. The molecule has 2 aromatic heterocycles. The number of nitrogens with zero attached hydrogens (tertiary/aromatic N) is 2. The van der Waals surface area contributed by atoms with E-state index in [1.54, 1.807) is 13.4 Å². The molecule has 1 N–H and O–H groups in total. The van der Waals surface area contributed by atoms with Gasteiger partial charge in [0.25, 0.3) is 0 Å². The number of ether oxygens (including phenoxy) is 1. The van der Waals surface area contributed by atoms with Gasteiger partial charge in [0.2, 0.25) is 5.95 Å². The summed E-state index contributed by atoms with van der Waals surface area (Å²) in [5.41, 5.74) is 4.67. The van der Waals surface area contributed by atoms with Crippen molar-refractivity contribution < 1.29 is 13.9 Å². The van der Waals surface area contributed by atoms with Crippen LogP contribution in [0, 0.1) is 0 Å². The number of carbonyl (C=O) groups excluding carboxylic acids is 1. The Morgan fingerprint density at radius 2 is 1.90 bits per heavy atom. The lowest BCUT2D eigenvalue weighted by Gasteiger charge is -2.36. The number of methoxy groups -OCH3 is 1. The second-order valence-corrected chi connectivity index (χ2v) is 8.03. The molecule has 0 spiro atoms. The fourth-order valence-corrected chi connectivity index (χ4v) is 4.85. The van der Waals surface area contributed by atoms with Gasteiger partial charge < -0.3 is 14.5 Å². The molecule has 0 saturated carbocycles. The van der Waals surface area contributed by atoms with Gasteiger partial charge in [-0.2, -0.15) is 0 Å². The third kappa shape index (κ3) is 2.79. The highest BCUT2D eigenvalue weighted by Crippen LogP contribution is 2.46. The van der Waals surface area contributed by atoms with Crippen LogP contribution in [0.25, 0.3) is 11.0 Å². The van der Waals surface area contributed by atoms with E-state index in [1.165, 1.54) is 0 Å². The molecule has 0 bridgehead atoms. The van der Waals surface area contributed by atoms with Crippen LogP contribution >= 0.6 is 0 Å². The van der Waals surface area contributed by atoms with Gasteiger partial charge in [-0.1, -0.05) is 24.3 Å². The molecule has 0 amide bonds. The topological polar surface area (TPSA) is 69.3 Å². The van der Waals surface area contributed by atoms with Crippen molar-refractivity contribution in [3.05, 3.63) is 89.5 Å². The summed E-state index contributed by atoms with van der Waals surface area (Å²) in [6.45, 7) is 0. The van der Waals surface area contributed by atoms with Gasteiger partial charge in [0.1, 0.15) is 11.5 Å². The van der Waals surface area contributed by atoms with Crippen molar-refractivity contribution in [3.8, 4) is 5.75 Å². The molecule has 154 valence electrons. The number of carbonyl (C=O) groups is 1. The van der Waals surface area contributed by atoms with Crippen LogP contribution in [0.15, 0.2) is 82.6 Å². The van der Waals surface area contributed by atoms with Crippen LogP contribution in [0.5, 0.6) is 5.75 Å². The first-order valence-electron chi connectivity index (χ1n) is 10.4. The summed E-state index contributed by atoms with van der Waals surface area (Å²) in [4.78, 5) is 18.3. The number of anilines is 1. The maximum Gasteiger partial charge on any atom is 0.209 e. The van der Waals surface area contributed by atoms with Crippen molar-refractivity contribution >= 4 is 22.8 Å². The fourth-order valence-electron chi connectivity index (χ4n) is 4.85. The predicted octanol–water partition coefficient (Wildman–Crippen LogP) is 5.05. The Bertz CT molecular complexity index is 1320. The highest BCUT2D eigenvalue weighted by atomic mass is 16.5. The largest absolute Gasteiger partial charge is 0.497 e. The van der Waals surface area contributed by atoms with Crippen LogP contribution in [0.3, 0.4) is 0 Å². The van der Waals surface area contributed by atoms with Gasteiger partial charge in [0, 0.05) is 23.6 Å². The monoisotopic (exact) mass is 411 g/mol. The zero-order valence-corrected chi connectivity index (χ0v) is 17.0. The van der Waals surface area contributed by atoms with Crippen molar-refractivity contribution in [2.24, 2.45) is 0 Å². The van der Waals surface area contributed by atoms with E-state index in [1.807, 2.05) is 54.6 Å². The van der Waals surface area contributed by atoms with E-state index in [-0.39, 0.29) is 17.7 Å². The molecule has 2 aliphatic rings. The number of ketones is 1. The van der Waals surface area contributed by atoms with Gasteiger partial charge >= 0.3 is 0 Å². The molecule has 6 nitrogen and oxygen atoms in total. The van der Waals surface area contributed by atoms with Crippen LogP contribution in [0.1, 0.15) is 36.1 Å². The van der Waals surface area contributed by atoms with Crippen LogP contribution in [-0.4, -0.2) is 22.4 Å². The predicted molar refractivity (Wildman–Crippen MR) is 117 cm³/mol. The Morgan fingerprint density at radius 3 is 2.68 bits per heavy atom. The first kappa shape index (κ1) is 18.0. The van der Waals surface area contributed by atoms with Crippen LogP contribution < -0.4 is 10.1 Å². The molecule has 0 radical (unpaired) electrons. The molecule has 6 rings (SSSR count). The number of para-hydroxylation sites is 2. The van der Waals surface area contributed by atoms with Crippen LogP contribution in [0.2, 0.25) is 0 Å². The summed E-state index contributed by atoms with van der Waals surface area (Å²) in [6.07, 6.45) is 2.81. The Kier molecular flexibility index (Phi) is 3.99. The van der Waals surface area contributed by atoms with E-state index in [2.05, 4.69) is 16.0 Å². The number of hydrogen-bond donors (Lipinski definition) is 1. The van der Waals surface area contributed by atoms with Crippen LogP contribution in [0.4, 0.5) is 5.95 Å². The van der Waals surface area contributed by atoms with Crippen molar-refractivity contribution in [2.45, 2.75) is 24.8 Å². The molecule has 2 aromatic carbocycles. The van der Waals surface area contributed by atoms with E-state index < -0.39 is 0 Å². The summed E-state index contributed by atoms with van der Waals surface area (Å²) in [5.74, 6) is 2.56. The molecular formula is C25H21N3O3. The maximum absolute atomic E-state index is 13.5. The number of benzene rings is 2.